The number of nitrogens with two attached hydrogens (primary N) is 1. The lowest BCUT2D eigenvalue weighted by molar-refractivity contribution is 0.494. The third-order valence-corrected chi connectivity index (χ3v) is 4.80. The van der Waals surface area contributed by atoms with Crippen LogP contribution in [0.1, 0.15) is 29.3 Å². The Hall–Kier alpha value is -1.71. The summed E-state index contributed by atoms with van der Waals surface area (Å²) < 4.78 is 32.6. The zero-order valence-corrected chi connectivity index (χ0v) is 12.8. The lowest BCUT2D eigenvalue weighted by Crippen LogP contribution is -2.26. The Morgan fingerprint density at radius 3 is 2.76 bits per heavy atom. The van der Waals surface area contributed by atoms with Gasteiger partial charge >= 0.3 is 0 Å². The molecule has 0 unspecified atom stereocenters. The Morgan fingerprint density at radius 2 is 2.14 bits per heavy atom. The summed E-state index contributed by atoms with van der Waals surface area (Å²) in [5, 5.41) is 6.46. The minimum atomic E-state index is -3.62. The average Bonchev–Trinajstić information content (AvgIpc) is 3.02. The molecule has 0 amide bonds. The van der Waals surface area contributed by atoms with Gasteiger partial charge in [-0.15, -0.1) is 0 Å². The van der Waals surface area contributed by atoms with E-state index in [0.29, 0.717) is 36.5 Å². The highest BCUT2D eigenvalue weighted by molar-refractivity contribution is 7.89. The van der Waals surface area contributed by atoms with Crippen molar-refractivity contribution in [1.82, 2.24) is 19.9 Å². The molecule has 0 saturated heterocycles. The largest absolute Gasteiger partial charge is 0.465 e. The molecule has 9 heteroatoms. The number of aromatic nitrogens is 3. The quantitative estimate of drug-likeness (QED) is 0.634. The molecule has 116 valence electrons. The zero-order chi connectivity index (χ0) is 15.5. The third-order valence-electron chi connectivity index (χ3n) is 3.15. The third kappa shape index (κ3) is 3.49. The van der Waals surface area contributed by atoms with Gasteiger partial charge in [0.25, 0.3) is 0 Å². The smallest absolute Gasteiger partial charge is 0.244 e. The van der Waals surface area contributed by atoms with Crippen LogP contribution in [0.4, 0.5) is 0 Å². The zero-order valence-electron chi connectivity index (χ0n) is 12.0. The van der Waals surface area contributed by atoms with E-state index in [1.54, 1.807) is 13.8 Å². The summed E-state index contributed by atoms with van der Waals surface area (Å²) in [5.74, 6) is 1.62. The fraction of sp³-hybridized carbons (Fsp3) is 0.500. The molecule has 0 fully saturated rings. The number of furan rings is 1. The molecule has 2 heterocycles. The maximum Gasteiger partial charge on any atom is 0.244 e. The molecule has 0 aliphatic carbocycles. The van der Waals surface area contributed by atoms with Crippen LogP contribution in [0, 0.1) is 13.8 Å². The molecular weight excluding hydrogens is 294 g/mol. The molecule has 0 aliphatic heterocycles. The molecule has 0 radical (unpaired) electrons. The van der Waals surface area contributed by atoms with Gasteiger partial charge in [0.1, 0.15) is 28.6 Å². The molecule has 0 aliphatic rings. The van der Waals surface area contributed by atoms with Crippen molar-refractivity contribution >= 4 is 10.0 Å². The monoisotopic (exact) mass is 313 g/mol. The minimum Gasteiger partial charge on any atom is -0.465 e. The highest BCUT2D eigenvalue weighted by atomic mass is 32.2. The number of sulfonamides is 1. The lowest BCUT2D eigenvalue weighted by atomic mass is 10.2. The topological polar surface area (TPSA) is 127 Å². The Labute approximate surface area is 123 Å². The Kier molecular flexibility index (Phi) is 4.76. The molecule has 21 heavy (non-hydrogen) atoms. The number of hydrogen-bond acceptors (Lipinski definition) is 6. The van der Waals surface area contributed by atoms with E-state index in [9.17, 15) is 8.42 Å². The van der Waals surface area contributed by atoms with Crippen LogP contribution in [0.15, 0.2) is 15.6 Å². The molecule has 4 N–H and O–H groups in total. The van der Waals surface area contributed by atoms with E-state index >= 15 is 0 Å². The fourth-order valence-electron chi connectivity index (χ4n) is 2.18. The Balaban J connectivity index is 2.02. The summed E-state index contributed by atoms with van der Waals surface area (Å²) in [6, 6.07) is 0. The molecule has 0 aromatic carbocycles. The first-order valence-electron chi connectivity index (χ1n) is 6.58. The van der Waals surface area contributed by atoms with Gasteiger partial charge in [-0.3, -0.25) is 5.10 Å². The van der Waals surface area contributed by atoms with Crippen molar-refractivity contribution in [1.29, 1.82) is 0 Å². The second kappa shape index (κ2) is 6.37. The lowest BCUT2D eigenvalue weighted by Gasteiger charge is -2.07. The number of aryl methyl sites for hydroxylation is 3. The van der Waals surface area contributed by atoms with E-state index in [-0.39, 0.29) is 11.4 Å². The summed E-state index contributed by atoms with van der Waals surface area (Å²) in [4.78, 5) is 4.13. The van der Waals surface area contributed by atoms with Crippen LogP contribution in [0.3, 0.4) is 0 Å². The van der Waals surface area contributed by atoms with E-state index in [0.717, 1.165) is 5.82 Å². The van der Waals surface area contributed by atoms with E-state index in [4.69, 9.17) is 10.2 Å². The van der Waals surface area contributed by atoms with Crippen LogP contribution in [0.25, 0.3) is 0 Å². The van der Waals surface area contributed by atoms with Gasteiger partial charge < -0.3 is 10.2 Å². The summed E-state index contributed by atoms with van der Waals surface area (Å²) in [7, 11) is -3.62. The standard InChI is InChI=1S/C12H19N5O3S/c1-8-10(6-13)12(9(2)20-8)21(18,19)16-5-3-4-11-14-7-15-17-11/h7,16H,3-6,13H2,1-2H3,(H,14,15,17). The first-order chi connectivity index (χ1) is 9.95. The molecule has 0 atom stereocenters. The van der Waals surface area contributed by atoms with E-state index in [2.05, 4.69) is 19.9 Å². The van der Waals surface area contributed by atoms with Crippen molar-refractivity contribution in [2.75, 3.05) is 6.54 Å². The maximum atomic E-state index is 12.3. The van der Waals surface area contributed by atoms with Gasteiger partial charge in [-0.2, -0.15) is 5.10 Å². The Bertz CT molecular complexity index is 691. The van der Waals surface area contributed by atoms with Gasteiger partial charge in [-0.25, -0.2) is 18.1 Å². The van der Waals surface area contributed by atoms with Crippen LogP contribution in [-0.4, -0.2) is 30.1 Å². The van der Waals surface area contributed by atoms with Crippen molar-refractivity contribution in [3.63, 3.8) is 0 Å². The van der Waals surface area contributed by atoms with Gasteiger partial charge in [-0.05, 0) is 20.3 Å². The first-order valence-corrected chi connectivity index (χ1v) is 8.07. The first kappa shape index (κ1) is 15.7. The van der Waals surface area contributed by atoms with Crippen LogP contribution in [0.2, 0.25) is 0 Å². The van der Waals surface area contributed by atoms with Crippen LogP contribution < -0.4 is 10.5 Å². The maximum absolute atomic E-state index is 12.3. The van der Waals surface area contributed by atoms with Crippen molar-refractivity contribution < 1.29 is 12.8 Å². The summed E-state index contributed by atoms with van der Waals surface area (Å²) in [6.45, 7) is 3.75. The Morgan fingerprint density at radius 1 is 1.38 bits per heavy atom. The van der Waals surface area contributed by atoms with E-state index in [1.807, 2.05) is 0 Å². The summed E-state index contributed by atoms with van der Waals surface area (Å²) in [6.07, 6.45) is 2.66. The van der Waals surface area contributed by atoms with Gasteiger partial charge in [0.2, 0.25) is 10.0 Å². The van der Waals surface area contributed by atoms with Crippen LogP contribution >= 0.6 is 0 Å². The number of rotatable bonds is 7. The molecule has 0 spiro atoms. The second-order valence-electron chi connectivity index (χ2n) is 4.66. The van der Waals surface area contributed by atoms with E-state index < -0.39 is 10.0 Å². The number of aromatic amines is 1. The fourth-order valence-corrected chi connectivity index (χ4v) is 3.71. The molecule has 2 rings (SSSR count). The molecule has 0 saturated carbocycles. The normalized spacial score (nSPS) is 12.0. The van der Waals surface area contributed by atoms with Gasteiger partial charge in [0.15, 0.2) is 0 Å². The van der Waals surface area contributed by atoms with Gasteiger partial charge in [-0.1, -0.05) is 0 Å². The summed E-state index contributed by atoms with van der Waals surface area (Å²) >= 11 is 0. The van der Waals surface area contributed by atoms with Crippen molar-refractivity contribution in [3.8, 4) is 0 Å². The van der Waals surface area contributed by atoms with Gasteiger partial charge in [0, 0.05) is 25.1 Å². The average molecular weight is 313 g/mol. The number of H-pyrrole nitrogens is 1. The molecular formula is C12H19N5O3S. The van der Waals surface area contributed by atoms with Crippen molar-refractivity contribution in [2.24, 2.45) is 5.73 Å². The van der Waals surface area contributed by atoms with Crippen molar-refractivity contribution in [3.05, 3.63) is 29.2 Å². The SMILES string of the molecule is Cc1oc(C)c(S(=O)(=O)NCCCc2ncn[nH]2)c1CN. The van der Waals surface area contributed by atoms with Crippen LogP contribution in [0.5, 0.6) is 0 Å². The molecule has 0 bridgehead atoms. The highest BCUT2D eigenvalue weighted by Gasteiger charge is 2.25. The number of nitrogens with zero attached hydrogens (tertiary/aromatic N) is 2. The summed E-state index contributed by atoms with van der Waals surface area (Å²) in [5.41, 5.74) is 6.13. The highest BCUT2D eigenvalue weighted by Crippen LogP contribution is 2.25. The number of nitrogens with one attached hydrogen (secondary N) is 2. The molecule has 8 nitrogen and oxygen atoms in total. The molecule has 2 aromatic heterocycles. The molecule has 2 aromatic rings. The predicted molar refractivity (Wildman–Crippen MR) is 76.0 cm³/mol. The van der Waals surface area contributed by atoms with Gasteiger partial charge in [0.05, 0.1) is 0 Å². The minimum absolute atomic E-state index is 0.123. The number of hydrogen-bond donors (Lipinski definition) is 3. The van der Waals surface area contributed by atoms with Crippen LogP contribution in [-0.2, 0) is 23.0 Å². The van der Waals surface area contributed by atoms with Crippen molar-refractivity contribution in [2.45, 2.75) is 38.1 Å². The van der Waals surface area contributed by atoms with E-state index in [1.165, 1.54) is 6.33 Å². The second-order valence-corrected chi connectivity index (χ2v) is 6.36. The predicted octanol–water partition coefficient (Wildman–Crippen LogP) is 0.384.